The first kappa shape index (κ1) is 44.3. The van der Waals surface area contributed by atoms with E-state index in [4.69, 9.17) is 28.9 Å². The third-order valence-electron chi connectivity index (χ3n) is 12.3. The second-order valence-electron chi connectivity index (χ2n) is 15.9. The molecule has 11 heteroatoms. The molecule has 0 saturated heterocycles. The molecule has 6 unspecified atom stereocenters. The van der Waals surface area contributed by atoms with Gasteiger partial charge in [-0.05, 0) is 96.7 Å². The molecule has 4 aromatic rings. The molecule has 0 aromatic heterocycles. The van der Waals surface area contributed by atoms with E-state index in [1.54, 1.807) is 29.8 Å². The summed E-state index contributed by atoms with van der Waals surface area (Å²) in [5.41, 5.74) is 3.68. The zero-order valence-electron chi connectivity index (χ0n) is 35.5. The Hall–Kier alpha value is -4.81. The summed E-state index contributed by atoms with van der Waals surface area (Å²) in [6.07, 6.45) is 8.62. The fourth-order valence-electron chi connectivity index (χ4n) is 9.81. The van der Waals surface area contributed by atoms with E-state index in [2.05, 4.69) is 55.1 Å². The molecule has 324 valence electrons. The monoisotopic (exact) mass is 848 g/mol. The second-order valence-corrected chi connectivity index (χ2v) is 17.1. The van der Waals surface area contributed by atoms with Crippen LogP contribution in [0.5, 0.6) is 11.5 Å². The van der Waals surface area contributed by atoms with E-state index in [0.717, 1.165) is 70.4 Å². The smallest absolute Gasteiger partial charge is 0.410 e. The molecule has 0 radical (unpaired) electrons. The number of hydrogen-bond acceptors (Lipinski definition) is 10. The molecule has 1 saturated carbocycles. The number of hydrogen-bond donors (Lipinski definition) is 2. The van der Waals surface area contributed by atoms with Crippen molar-refractivity contribution in [3.8, 4) is 11.5 Å². The van der Waals surface area contributed by atoms with Crippen LogP contribution in [0, 0.1) is 17.8 Å². The van der Waals surface area contributed by atoms with Crippen molar-refractivity contribution in [2.24, 2.45) is 22.9 Å². The molecular weight excluding hydrogens is 789 g/mol. The highest BCUT2D eigenvalue weighted by molar-refractivity contribution is 7.99. The fraction of sp³-hybridized carbons (Fsp3) is 0.440. The standard InChI is InChI=1S/C50H60N2O8S/c1-4-28-59-50-46(52(49(55)57-5-2)34-37-19-15-18-35-16-9-10-22-40(35)37)33-44(51-56-3)42-31-36(17-11-13-26-53)41(23-12-14-27-54)47(48(42)50)43-32-38(24-25-45(43)60-50)58-29-30-61-39-20-7-6-8-21-39/h4,6-10,15-16,18-22,24-25,31-32,36,41,46-48,53-54H,1,5,11-14,17,23,26-30,33-34H2,2-3H3. The van der Waals surface area contributed by atoms with E-state index >= 15 is 0 Å². The molecule has 4 aromatic carbocycles. The molecule has 2 aliphatic carbocycles. The van der Waals surface area contributed by atoms with E-state index in [-0.39, 0.29) is 57.1 Å². The Morgan fingerprint density at radius 2 is 1.75 bits per heavy atom. The Morgan fingerprint density at radius 3 is 2.52 bits per heavy atom. The predicted octanol–water partition coefficient (Wildman–Crippen LogP) is 9.93. The molecule has 6 atom stereocenters. The van der Waals surface area contributed by atoms with Crippen molar-refractivity contribution in [2.75, 3.05) is 45.9 Å². The van der Waals surface area contributed by atoms with Gasteiger partial charge in [0.25, 0.3) is 0 Å². The summed E-state index contributed by atoms with van der Waals surface area (Å²) in [6.45, 7) is 7.21. The van der Waals surface area contributed by atoms with Gasteiger partial charge in [0.05, 0.1) is 38.0 Å². The van der Waals surface area contributed by atoms with Crippen LogP contribution in [-0.2, 0) is 20.9 Å². The third-order valence-corrected chi connectivity index (χ3v) is 13.3. The molecule has 61 heavy (non-hydrogen) atoms. The van der Waals surface area contributed by atoms with Crippen LogP contribution >= 0.6 is 11.8 Å². The average molecular weight is 849 g/mol. The van der Waals surface area contributed by atoms with Crippen molar-refractivity contribution in [2.45, 2.75) is 81.1 Å². The minimum Gasteiger partial charge on any atom is -0.493 e. The first-order valence-corrected chi connectivity index (χ1v) is 22.8. The molecule has 3 aliphatic rings. The Labute approximate surface area is 364 Å². The maximum absolute atomic E-state index is 14.6. The Morgan fingerprint density at radius 1 is 0.984 bits per heavy atom. The first-order chi connectivity index (χ1) is 30.0. The predicted molar refractivity (Wildman–Crippen MR) is 241 cm³/mol. The van der Waals surface area contributed by atoms with Gasteiger partial charge in [-0.2, -0.15) is 0 Å². The fourth-order valence-corrected chi connectivity index (χ4v) is 10.6. The summed E-state index contributed by atoms with van der Waals surface area (Å²) in [5, 5.41) is 26.7. The van der Waals surface area contributed by atoms with Gasteiger partial charge in [0, 0.05) is 41.8 Å². The van der Waals surface area contributed by atoms with Crippen LogP contribution in [0.15, 0.2) is 125 Å². The number of allylic oxidation sites excluding steroid dienone is 1. The van der Waals surface area contributed by atoms with Crippen LogP contribution in [0.4, 0.5) is 4.79 Å². The van der Waals surface area contributed by atoms with Gasteiger partial charge in [0.1, 0.15) is 24.7 Å². The average Bonchev–Trinajstić information content (AvgIpc) is 3.28. The lowest BCUT2D eigenvalue weighted by molar-refractivity contribution is -0.256. The highest BCUT2D eigenvalue weighted by atomic mass is 32.2. The Balaban J connectivity index is 1.39. The molecular formula is C50H60N2O8S. The van der Waals surface area contributed by atoms with Crippen LogP contribution in [0.3, 0.4) is 0 Å². The minimum atomic E-state index is -1.40. The highest BCUT2D eigenvalue weighted by Gasteiger charge is 2.65. The summed E-state index contributed by atoms with van der Waals surface area (Å²) in [5.74, 6) is 0.409. The van der Waals surface area contributed by atoms with E-state index < -0.39 is 23.8 Å². The number of unbranched alkanes of at least 4 members (excludes halogenated alkanes) is 2. The maximum atomic E-state index is 14.6. The number of carbonyl (C=O) groups excluding carboxylic acids is 1. The summed E-state index contributed by atoms with van der Waals surface area (Å²) in [6, 6.07) is 30.0. The van der Waals surface area contributed by atoms with Crippen LogP contribution in [0.25, 0.3) is 10.8 Å². The SMILES string of the molecule is C=CCOC12Oc3ccc(OCCSc4ccccc4)cc3C3C(CCCCO)C(CCCCO)C=C(C(=NOC)CC1N(Cc1cccc4ccccc14)C(=O)OCC)C32. The summed E-state index contributed by atoms with van der Waals surface area (Å²) in [7, 11) is 1.56. The lowest BCUT2D eigenvalue weighted by Crippen LogP contribution is -2.70. The molecule has 10 nitrogen and oxygen atoms in total. The maximum Gasteiger partial charge on any atom is 0.410 e. The minimum absolute atomic E-state index is 0.0916. The number of carbonyl (C=O) groups is 1. The summed E-state index contributed by atoms with van der Waals surface area (Å²) >= 11 is 1.75. The molecule has 7 rings (SSSR count). The van der Waals surface area contributed by atoms with Gasteiger partial charge in [0.15, 0.2) is 0 Å². The molecule has 1 aliphatic heterocycles. The second kappa shape index (κ2) is 21.3. The summed E-state index contributed by atoms with van der Waals surface area (Å²) < 4.78 is 26.9. The van der Waals surface area contributed by atoms with E-state index in [1.807, 2.05) is 55.5 Å². The zero-order valence-corrected chi connectivity index (χ0v) is 36.3. The first-order valence-electron chi connectivity index (χ1n) is 21.8. The van der Waals surface area contributed by atoms with Crippen LogP contribution in [-0.4, -0.2) is 84.6 Å². The lowest BCUT2D eigenvalue weighted by Gasteiger charge is -2.59. The molecule has 1 fully saturated rings. The van der Waals surface area contributed by atoms with Crippen molar-refractivity contribution < 1.29 is 38.8 Å². The number of aliphatic hydroxyl groups excluding tert-OH is 2. The van der Waals surface area contributed by atoms with E-state index in [9.17, 15) is 15.0 Å². The Bertz CT molecular complexity index is 2140. The number of fused-ring (bicyclic) bond motifs is 3. The number of ether oxygens (including phenoxy) is 4. The van der Waals surface area contributed by atoms with E-state index in [0.29, 0.717) is 25.2 Å². The van der Waals surface area contributed by atoms with Gasteiger partial charge in [-0.1, -0.05) is 90.8 Å². The number of rotatable bonds is 21. The normalized spacial score (nSPS) is 23.3. The largest absolute Gasteiger partial charge is 0.493 e. The molecule has 1 heterocycles. The van der Waals surface area contributed by atoms with Crippen molar-refractivity contribution in [1.82, 2.24) is 4.90 Å². The van der Waals surface area contributed by atoms with Crippen molar-refractivity contribution in [1.29, 1.82) is 0 Å². The molecule has 2 N–H and O–H groups in total. The molecule has 0 spiro atoms. The van der Waals surface area contributed by atoms with Crippen LogP contribution < -0.4 is 9.47 Å². The van der Waals surface area contributed by atoms with Gasteiger partial charge in [-0.25, -0.2) is 4.79 Å². The van der Waals surface area contributed by atoms with Gasteiger partial charge in [-0.15, -0.1) is 18.3 Å². The number of benzene rings is 4. The van der Waals surface area contributed by atoms with Crippen LogP contribution in [0.1, 0.15) is 68.9 Å². The van der Waals surface area contributed by atoms with Crippen LogP contribution in [0.2, 0.25) is 0 Å². The number of nitrogens with zero attached hydrogens (tertiary/aromatic N) is 2. The molecule has 0 bridgehead atoms. The van der Waals surface area contributed by atoms with Gasteiger partial charge < -0.3 is 34.0 Å². The molecule has 1 amide bonds. The van der Waals surface area contributed by atoms with Crippen molar-refractivity contribution in [3.63, 3.8) is 0 Å². The number of amides is 1. The highest BCUT2D eigenvalue weighted by Crippen LogP contribution is 2.62. The Kier molecular flexibility index (Phi) is 15.5. The number of aliphatic hydroxyl groups is 2. The topological polar surface area (TPSA) is 119 Å². The van der Waals surface area contributed by atoms with Crippen molar-refractivity contribution >= 4 is 34.3 Å². The third kappa shape index (κ3) is 9.81. The lowest BCUT2D eigenvalue weighted by atomic mass is 9.55. The van der Waals surface area contributed by atoms with Gasteiger partial charge >= 0.3 is 6.09 Å². The number of oxime groups is 1. The summed E-state index contributed by atoms with van der Waals surface area (Å²) in [4.78, 5) is 23.1. The van der Waals surface area contributed by atoms with Gasteiger partial charge in [0.2, 0.25) is 5.79 Å². The van der Waals surface area contributed by atoms with Crippen molar-refractivity contribution in [3.05, 3.63) is 126 Å². The zero-order chi connectivity index (χ0) is 42.6. The quantitative estimate of drug-likeness (QED) is 0.0366. The number of thioether (sulfide) groups is 1. The van der Waals surface area contributed by atoms with Gasteiger partial charge in [-0.3, -0.25) is 4.90 Å². The van der Waals surface area contributed by atoms with E-state index in [1.165, 1.54) is 4.90 Å².